The zero-order chi connectivity index (χ0) is 25.2. The number of hydrogen-bond acceptors (Lipinski definition) is 6. The molecule has 1 fully saturated rings. The lowest BCUT2D eigenvalue weighted by Gasteiger charge is -2.36. The molecule has 1 unspecified atom stereocenters. The fraction of sp³-hybridized carbons (Fsp3) is 0.423. The summed E-state index contributed by atoms with van der Waals surface area (Å²) in [4.78, 5) is 26.6. The van der Waals surface area contributed by atoms with E-state index in [2.05, 4.69) is 28.5 Å². The highest BCUT2D eigenvalue weighted by atomic mass is 16.5. The van der Waals surface area contributed by atoms with Crippen LogP contribution in [0.1, 0.15) is 43.2 Å². The summed E-state index contributed by atoms with van der Waals surface area (Å²) >= 11 is 0. The first-order valence-electron chi connectivity index (χ1n) is 11.7. The standard InChI is InChI=1S/C26H32N4O5/c1-3-30(22-10-12-35-13-11-22)24-9-6-19(20(17-34-2)15-25(31)32)14-23(24)29-26(33)28-21-7-4-18(16-27)5-8-21/h4-9,14,20,22H,3,10-13,15,17H2,1-2H3,(H,31,32)(H2,28,29,33). The molecule has 1 saturated heterocycles. The van der Waals surface area contributed by atoms with Crippen molar-refractivity contribution in [2.24, 2.45) is 0 Å². The molecule has 0 saturated carbocycles. The molecule has 186 valence electrons. The van der Waals surface area contributed by atoms with Crippen molar-refractivity contribution in [1.82, 2.24) is 0 Å². The van der Waals surface area contributed by atoms with Gasteiger partial charge in [0.2, 0.25) is 0 Å². The van der Waals surface area contributed by atoms with Gasteiger partial charge >= 0.3 is 12.0 Å². The predicted molar refractivity (Wildman–Crippen MR) is 134 cm³/mol. The molecule has 35 heavy (non-hydrogen) atoms. The Morgan fingerprint density at radius 1 is 1.20 bits per heavy atom. The molecule has 0 radical (unpaired) electrons. The number of carboxylic acids is 1. The second-order valence-corrected chi connectivity index (χ2v) is 8.42. The number of carbonyl (C=O) groups is 2. The maximum atomic E-state index is 12.9. The zero-order valence-corrected chi connectivity index (χ0v) is 20.1. The van der Waals surface area contributed by atoms with Gasteiger partial charge in [-0.05, 0) is 61.7 Å². The normalized spacial score (nSPS) is 14.5. The molecule has 0 spiro atoms. The van der Waals surface area contributed by atoms with Crippen molar-refractivity contribution in [3.05, 3.63) is 53.6 Å². The molecule has 9 heteroatoms. The van der Waals surface area contributed by atoms with Crippen LogP contribution >= 0.6 is 0 Å². The fourth-order valence-corrected chi connectivity index (χ4v) is 4.38. The number of amides is 2. The summed E-state index contributed by atoms with van der Waals surface area (Å²) in [7, 11) is 1.54. The van der Waals surface area contributed by atoms with Crippen molar-refractivity contribution in [3.63, 3.8) is 0 Å². The molecule has 0 aromatic heterocycles. The zero-order valence-electron chi connectivity index (χ0n) is 20.1. The molecular weight excluding hydrogens is 448 g/mol. The third-order valence-electron chi connectivity index (χ3n) is 6.08. The van der Waals surface area contributed by atoms with Crippen LogP contribution in [0.25, 0.3) is 0 Å². The van der Waals surface area contributed by atoms with Gasteiger partial charge < -0.3 is 30.1 Å². The van der Waals surface area contributed by atoms with Crippen molar-refractivity contribution < 1.29 is 24.2 Å². The number of carbonyl (C=O) groups excluding carboxylic acids is 1. The molecule has 1 aliphatic rings. The number of nitrogens with zero attached hydrogens (tertiary/aromatic N) is 2. The van der Waals surface area contributed by atoms with Crippen LogP contribution < -0.4 is 15.5 Å². The quantitative estimate of drug-likeness (QED) is 0.460. The highest BCUT2D eigenvalue weighted by Crippen LogP contribution is 2.34. The first-order valence-corrected chi connectivity index (χ1v) is 11.7. The number of aliphatic carboxylic acids is 1. The number of carboxylic acid groups (broad SMARTS) is 1. The minimum Gasteiger partial charge on any atom is -0.481 e. The van der Waals surface area contributed by atoms with Gasteiger partial charge in [0, 0.05) is 44.5 Å². The molecule has 3 N–H and O–H groups in total. The highest BCUT2D eigenvalue weighted by molar-refractivity contribution is 6.02. The second kappa shape index (κ2) is 12.7. The maximum absolute atomic E-state index is 12.9. The maximum Gasteiger partial charge on any atom is 0.323 e. The van der Waals surface area contributed by atoms with Crippen molar-refractivity contribution in [1.29, 1.82) is 5.26 Å². The molecule has 1 heterocycles. The smallest absolute Gasteiger partial charge is 0.323 e. The van der Waals surface area contributed by atoms with Crippen LogP contribution in [0.2, 0.25) is 0 Å². The molecular formula is C26H32N4O5. The number of benzene rings is 2. The van der Waals surface area contributed by atoms with Gasteiger partial charge in [0.15, 0.2) is 0 Å². The average Bonchev–Trinajstić information content (AvgIpc) is 2.86. The van der Waals surface area contributed by atoms with Crippen molar-refractivity contribution >= 4 is 29.1 Å². The first-order chi connectivity index (χ1) is 16.9. The van der Waals surface area contributed by atoms with E-state index in [0.29, 0.717) is 30.2 Å². The highest BCUT2D eigenvalue weighted by Gasteiger charge is 2.25. The van der Waals surface area contributed by atoms with Crippen molar-refractivity contribution in [2.75, 3.05) is 49.0 Å². The van der Waals surface area contributed by atoms with E-state index in [-0.39, 0.29) is 25.0 Å². The van der Waals surface area contributed by atoms with Gasteiger partial charge in [-0.15, -0.1) is 0 Å². The van der Waals surface area contributed by atoms with E-state index < -0.39 is 12.0 Å². The van der Waals surface area contributed by atoms with Gasteiger partial charge in [0.25, 0.3) is 0 Å². The number of hydrogen-bond donors (Lipinski definition) is 3. The van der Waals surface area contributed by atoms with E-state index in [1.807, 2.05) is 18.2 Å². The van der Waals surface area contributed by atoms with Crippen LogP contribution in [0.3, 0.4) is 0 Å². The lowest BCUT2D eigenvalue weighted by Crippen LogP contribution is -2.40. The Labute approximate surface area is 205 Å². The Morgan fingerprint density at radius 2 is 1.91 bits per heavy atom. The van der Waals surface area contributed by atoms with Gasteiger partial charge in [-0.2, -0.15) is 5.26 Å². The van der Waals surface area contributed by atoms with E-state index in [1.165, 1.54) is 7.11 Å². The van der Waals surface area contributed by atoms with E-state index in [4.69, 9.17) is 14.7 Å². The van der Waals surface area contributed by atoms with E-state index in [9.17, 15) is 14.7 Å². The summed E-state index contributed by atoms with van der Waals surface area (Å²) in [5.41, 5.74) is 3.29. The lowest BCUT2D eigenvalue weighted by atomic mass is 9.95. The lowest BCUT2D eigenvalue weighted by molar-refractivity contribution is -0.137. The summed E-state index contributed by atoms with van der Waals surface area (Å²) in [5.74, 6) is -1.27. The number of rotatable bonds is 10. The molecule has 2 amide bonds. The Kier molecular flexibility index (Phi) is 9.47. The van der Waals surface area contributed by atoms with Gasteiger partial charge in [-0.25, -0.2) is 4.79 Å². The number of methoxy groups -OCH3 is 1. The number of urea groups is 1. The molecule has 1 atom stereocenters. The average molecular weight is 481 g/mol. The number of nitriles is 1. The summed E-state index contributed by atoms with van der Waals surface area (Å²) in [5, 5.41) is 24.1. The summed E-state index contributed by atoms with van der Waals surface area (Å²) in [6.07, 6.45) is 1.69. The molecule has 2 aromatic rings. The molecule has 0 aliphatic carbocycles. The molecule has 3 rings (SSSR count). The SMILES string of the molecule is CCN(c1ccc(C(COC)CC(=O)O)cc1NC(=O)Nc1ccc(C#N)cc1)C1CCOCC1. The van der Waals surface area contributed by atoms with E-state index in [1.54, 1.807) is 24.3 Å². The third kappa shape index (κ3) is 7.18. The van der Waals surface area contributed by atoms with Gasteiger partial charge in [-0.1, -0.05) is 6.07 Å². The minimum atomic E-state index is -0.915. The first kappa shape index (κ1) is 26.0. The van der Waals surface area contributed by atoms with Gasteiger partial charge in [0.1, 0.15) is 0 Å². The fourth-order valence-electron chi connectivity index (χ4n) is 4.38. The van der Waals surface area contributed by atoms with Gasteiger partial charge in [-0.3, -0.25) is 4.79 Å². The largest absolute Gasteiger partial charge is 0.481 e. The topological polar surface area (TPSA) is 124 Å². The Hall–Kier alpha value is -3.61. The third-order valence-corrected chi connectivity index (χ3v) is 6.08. The van der Waals surface area contributed by atoms with E-state index >= 15 is 0 Å². The second-order valence-electron chi connectivity index (χ2n) is 8.42. The van der Waals surface area contributed by atoms with Crippen molar-refractivity contribution in [3.8, 4) is 6.07 Å². The molecule has 9 nitrogen and oxygen atoms in total. The minimum absolute atomic E-state index is 0.0818. The summed E-state index contributed by atoms with van der Waals surface area (Å²) in [6, 6.07) is 14.2. The Bertz CT molecular complexity index is 1040. The number of anilines is 3. The predicted octanol–water partition coefficient (Wildman–Crippen LogP) is 4.41. The van der Waals surface area contributed by atoms with E-state index in [0.717, 1.165) is 30.6 Å². The summed E-state index contributed by atoms with van der Waals surface area (Å²) < 4.78 is 10.8. The monoisotopic (exact) mass is 480 g/mol. The number of nitrogens with one attached hydrogen (secondary N) is 2. The molecule has 1 aliphatic heterocycles. The van der Waals surface area contributed by atoms with Crippen LogP contribution in [0.4, 0.5) is 21.9 Å². The van der Waals surface area contributed by atoms with Crippen LogP contribution in [-0.4, -0.2) is 56.6 Å². The molecule has 0 bridgehead atoms. The Balaban J connectivity index is 1.91. The Morgan fingerprint density at radius 3 is 2.51 bits per heavy atom. The van der Waals surface area contributed by atoms with Crippen LogP contribution in [-0.2, 0) is 14.3 Å². The van der Waals surface area contributed by atoms with Crippen LogP contribution in [0.15, 0.2) is 42.5 Å². The van der Waals surface area contributed by atoms with Crippen LogP contribution in [0.5, 0.6) is 0 Å². The van der Waals surface area contributed by atoms with Crippen LogP contribution in [0, 0.1) is 11.3 Å². The van der Waals surface area contributed by atoms with Crippen molar-refractivity contribution in [2.45, 2.75) is 38.1 Å². The van der Waals surface area contributed by atoms with Gasteiger partial charge in [0.05, 0.1) is 36.0 Å². The molecule has 2 aromatic carbocycles. The summed E-state index contributed by atoms with van der Waals surface area (Å²) in [6.45, 7) is 4.44. The number of ether oxygens (including phenoxy) is 2.